The molecule has 1 aromatic carbocycles. The van der Waals surface area contributed by atoms with Crippen molar-refractivity contribution < 1.29 is 12.8 Å². The molecule has 1 aliphatic heterocycles. The molecule has 0 aliphatic carbocycles. The molecule has 8 nitrogen and oxygen atoms in total. The summed E-state index contributed by atoms with van der Waals surface area (Å²) in [7, 11) is -0.226. The van der Waals surface area contributed by atoms with Crippen LogP contribution in [0.1, 0.15) is 17.7 Å². The molecule has 1 saturated heterocycles. The van der Waals surface area contributed by atoms with Crippen LogP contribution in [0.4, 0.5) is 15.9 Å². The Bertz CT molecular complexity index is 1160. The summed E-state index contributed by atoms with van der Waals surface area (Å²) in [4.78, 5) is 7.89. The average Bonchev–Trinajstić information content (AvgIpc) is 3.46. The van der Waals surface area contributed by atoms with Crippen LogP contribution in [0.2, 0.25) is 0 Å². The first-order valence-corrected chi connectivity index (χ1v) is 12.3. The molecule has 166 valence electrons. The Hall–Kier alpha value is -2.50. The molecule has 4 rings (SSSR count). The van der Waals surface area contributed by atoms with Crippen molar-refractivity contribution in [1.82, 2.24) is 19.7 Å². The Labute approximate surface area is 185 Å². The number of hydrogen-bond acceptors (Lipinski definition) is 7. The number of anilines is 2. The quantitative estimate of drug-likeness (QED) is 0.579. The van der Waals surface area contributed by atoms with Gasteiger partial charge < -0.3 is 4.90 Å². The van der Waals surface area contributed by atoms with Crippen LogP contribution >= 0.6 is 11.3 Å². The molecule has 1 N–H and O–H groups in total. The number of likely N-dealkylation sites (tertiary alicyclic amines) is 1. The normalized spacial score (nSPS) is 17.2. The summed E-state index contributed by atoms with van der Waals surface area (Å²) in [5, 5.41) is 5.99. The van der Waals surface area contributed by atoms with Crippen molar-refractivity contribution in [3.05, 3.63) is 52.4 Å². The monoisotopic (exact) mass is 464 g/mol. The molecule has 1 atom stereocenters. The lowest BCUT2D eigenvalue weighted by atomic mass is 10.1. The molecule has 1 fully saturated rings. The van der Waals surface area contributed by atoms with Crippen molar-refractivity contribution in [3.8, 4) is 0 Å². The number of likely N-dealkylation sites (N-methyl/N-ethyl adjacent to an activating group) is 1. The summed E-state index contributed by atoms with van der Waals surface area (Å²) in [5.41, 5.74) is 3.92. The first kappa shape index (κ1) is 21.7. The van der Waals surface area contributed by atoms with E-state index in [9.17, 15) is 12.8 Å². The molecule has 0 bridgehead atoms. The van der Waals surface area contributed by atoms with Crippen molar-refractivity contribution >= 4 is 32.9 Å². The lowest BCUT2D eigenvalue weighted by molar-refractivity contribution is 0.320. The molecule has 3 aromatic rings. The summed E-state index contributed by atoms with van der Waals surface area (Å²) >= 11 is 1.26. The minimum absolute atomic E-state index is 0.183. The number of thiazole rings is 1. The molecule has 11 heteroatoms. The molecule has 1 aliphatic rings. The Morgan fingerprint density at radius 3 is 2.87 bits per heavy atom. The van der Waals surface area contributed by atoms with Gasteiger partial charge in [0.15, 0.2) is 5.82 Å². The number of benzene rings is 1. The number of aromatic nitrogens is 3. The lowest BCUT2D eigenvalue weighted by Gasteiger charge is -2.29. The second kappa shape index (κ2) is 8.56. The molecule has 2 aromatic heterocycles. The summed E-state index contributed by atoms with van der Waals surface area (Å²) in [6, 6.07) is 4.91. The van der Waals surface area contributed by atoms with E-state index in [0.29, 0.717) is 11.3 Å². The Morgan fingerprint density at radius 1 is 1.39 bits per heavy atom. The maximum Gasteiger partial charge on any atom is 0.266 e. The first-order chi connectivity index (χ1) is 14.7. The topological polar surface area (TPSA) is 83.4 Å². The van der Waals surface area contributed by atoms with Crippen molar-refractivity contribution in [3.63, 3.8) is 0 Å². The van der Waals surface area contributed by atoms with Gasteiger partial charge in [0.25, 0.3) is 10.0 Å². The standard InChI is InChI=1S/C20H25FN6O2S2/c1-14-8-19(31(28,29)24-20-12-30-13-22-20)17(21)9-18(14)26(3)16-5-7-27(11-16)10-15-4-6-25(2)23-15/h4,6,8-9,12-13,16,24H,5,7,10-11H2,1-3H3. The fraction of sp³-hybridized carbons (Fsp3) is 0.400. The maximum atomic E-state index is 14.9. The smallest absolute Gasteiger partial charge is 0.266 e. The number of nitrogens with zero attached hydrogens (tertiary/aromatic N) is 5. The zero-order chi connectivity index (χ0) is 22.2. The van der Waals surface area contributed by atoms with Gasteiger partial charge in [0.05, 0.1) is 11.2 Å². The van der Waals surface area contributed by atoms with Gasteiger partial charge in [0, 0.05) is 57.0 Å². The van der Waals surface area contributed by atoms with Crippen LogP contribution in [0.25, 0.3) is 0 Å². The highest BCUT2D eigenvalue weighted by molar-refractivity contribution is 7.92. The van der Waals surface area contributed by atoms with E-state index in [0.717, 1.165) is 31.7 Å². The number of sulfonamides is 1. The number of halogens is 1. The lowest BCUT2D eigenvalue weighted by Crippen LogP contribution is -2.35. The third-order valence-corrected chi connectivity index (χ3v) is 7.50. The summed E-state index contributed by atoms with van der Waals surface area (Å²) in [5.74, 6) is -0.597. The number of nitrogens with one attached hydrogen (secondary N) is 1. The minimum atomic E-state index is -4.06. The zero-order valence-electron chi connectivity index (χ0n) is 17.6. The van der Waals surface area contributed by atoms with Gasteiger partial charge in [-0.15, -0.1) is 11.3 Å². The van der Waals surface area contributed by atoms with E-state index >= 15 is 0 Å². The SMILES string of the molecule is Cc1cc(S(=O)(=O)Nc2cscn2)c(F)cc1N(C)C1CCN(Cc2ccn(C)n2)C1. The van der Waals surface area contributed by atoms with E-state index < -0.39 is 15.8 Å². The predicted molar refractivity (Wildman–Crippen MR) is 119 cm³/mol. The number of aryl methyl sites for hydroxylation is 2. The zero-order valence-corrected chi connectivity index (χ0v) is 19.2. The van der Waals surface area contributed by atoms with Crippen molar-refractivity contribution in [1.29, 1.82) is 0 Å². The van der Waals surface area contributed by atoms with Crippen LogP contribution < -0.4 is 9.62 Å². The second-order valence-corrected chi connectivity index (χ2v) is 10.2. The fourth-order valence-electron chi connectivity index (χ4n) is 3.93. The van der Waals surface area contributed by atoms with Crippen LogP contribution in [-0.2, 0) is 23.6 Å². The summed E-state index contributed by atoms with van der Waals surface area (Å²) in [6.45, 7) is 4.34. The van der Waals surface area contributed by atoms with E-state index in [1.165, 1.54) is 29.0 Å². The average molecular weight is 465 g/mol. The van der Waals surface area contributed by atoms with Gasteiger partial charge in [0.1, 0.15) is 10.7 Å². The van der Waals surface area contributed by atoms with Crippen LogP contribution in [0, 0.1) is 12.7 Å². The van der Waals surface area contributed by atoms with E-state index in [2.05, 4.69) is 19.7 Å². The van der Waals surface area contributed by atoms with Gasteiger partial charge in [-0.05, 0) is 37.1 Å². The Kier molecular flexibility index (Phi) is 6.00. The van der Waals surface area contributed by atoms with Gasteiger partial charge in [-0.1, -0.05) is 0 Å². The molecule has 0 saturated carbocycles. The molecule has 3 heterocycles. The fourth-order valence-corrected chi connectivity index (χ4v) is 5.63. The number of hydrogen-bond donors (Lipinski definition) is 1. The van der Waals surface area contributed by atoms with Crippen molar-refractivity contribution in [2.45, 2.75) is 30.8 Å². The Morgan fingerprint density at radius 2 is 2.19 bits per heavy atom. The van der Waals surface area contributed by atoms with Gasteiger partial charge in [-0.25, -0.2) is 17.8 Å². The van der Waals surface area contributed by atoms with Gasteiger partial charge in [-0.2, -0.15) is 5.10 Å². The second-order valence-electron chi connectivity index (χ2n) is 7.82. The van der Waals surface area contributed by atoms with Crippen LogP contribution in [-0.4, -0.2) is 54.3 Å². The van der Waals surface area contributed by atoms with E-state index in [-0.39, 0.29) is 16.8 Å². The minimum Gasteiger partial charge on any atom is -0.370 e. The van der Waals surface area contributed by atoms with Gasteiger partial charge in [0.2, 0.25) is 0 Å². The third kappa shape index (κ3) is 4.73. The summed E-state index contributed by atoms with van der Waals surface area (Å²) in [6.07, 6.45) is 2.87. The van der Waals surface area contributed by atoms with Crippen LogP contribution in [0.5, 0.6) is 0 Å². The van der Waals surface area contributed by atoms with Gasteiger partial charge >= 0.3 is 0 Å². The predicted octanol–water partition coefficient (Wildman–Crippen LogP) is 2.84. The molecule has 1 unspecified atom stereocenters. The van der Waals surface area contributed by atoms with E-state index in [1.54, 1.807) is 17.0 Å². The molecular weight excluding hydrogens is 439 g/mol. The van der Waals surface area contributed by atoms with Gasteiger partial charge in [-0.3, -0.25) is 14.3 Å². The van der Waals surface area contributed by atoms with Crippen LogP contribution in [0.3, 0.4) is 0 Å². The molecule has 0 radical (unpaired) electrons. The number of rotatable bonds is 7. The molecule has 0 amide bonds. The van der Waals surface area contributed by atoms with Crippen molar-refractivity contribution in [2.24, 2.45) is 7.05 Å². The van der Waals surface area contributed by atoms with Crippen LogP contribution in [0.15, 0.2) is 40.2 Å². The Balaban J connectivity index is 1.49. The largest absolute Gasteiger partial charge is 0.370 e. The highest BCUT2D eigenvalue weighted by atomic mass is 32.2. The van der Waals surface area contributed by atoms with E-state index in [1.807, 2.05) is 31.3 Å². The third-order valence-electron chi connectivity index (χ3n) is 5.54. The molecule has 31 heavy (non-hydrogen) atoms. The first-order valence-electron chi connectivity index (χ1n) is 9.88. The molecular formula is C20H25FN6O2S2. The van der Waals surface area contributed by atoms with E-state index in [4.69, 9.17) is 0 Å². The molecule has 0 spiro atoms. The summed E-state index contributed by atoms with van der Waals surface area (Å²) < 4.78 is 44.2. The highest BCUT2D eigenvalue weighted by Gasteiger charge is 2.29. The highest BCUT2D eigenvalue weighted by Crippen LogP contribution is 2.30. The maximum absolute atomic E-state index is 14.9. The van der Waals surface area contributed by atoms with Crippen molar-refractivity contribution in [2.75, 3.05) is 29.8 Å².